The zero-order valence-corrected chi connectivity index (χ0v) is 6.84. The summed E-state index contributed by atoms with van der Waals surface area (Å²) >= 11 is 5.58. The minimum atomic E-state index is -0.164. The normalized spacial score (nSPS) is 13.0. The lowest BCUT2D eigenvalue weighted by Gasteiger charge is -2.06. The maximum Gasteiger partial charge on any atom is 0.152 e. The molecule has 0 aliphatic carbocycles. The Morgan fingerprint density at radius 3 is 2.64 bits per heavy atom. The van der Waals surface area contributed by atoms with Crippen molar-refractivity contribution in [2.45, 2.75) is 13.0 Å². The topological polar surface area (TPSA) is 77.8 Å². The van der Waals surface area contributed by atoms with Crippen molar-refractivity contribution < 1.29 is 0 Å². The number of aromatic nitrogens is 2. The molecule has 0 amide bonds. The van der Waals surface area contributed by atoms with E-state index in [9.17, 15) is 0 Å². The first-order valence-electron chi connectivity index (χ1n) is 3.15. The van der Waals surface area contributed by atoms with Crippen LogP contribution < -0.4 is 11.5 Å². The number of rotatable bonds is 1. The Morgan fingerprint density at radius 1 is 1.55 bits per heavy atom. The summed E-state index contributed by atoms with van der Waals surface area (Å²) in [5, 5.41) is 7.48. The summed E-state index contributed by atoms with van der Waals surface area (Å²) in [4.78, 5) is 0. The highest BCUT2D eigenvalue weighted by molar-refractivity contribution is 6.29. The molecule has 0 aromatic carbocycles. The predicted molar refractivity (Wildman–Crippen MR) is 44.1 cm³/mol. The standard InChI is InChI=1S/C6H9ClN4/c1-3(8)4-2-5(7)10-11-6(4)9/h2-3H,8H2,1H3,(H2,9,11). The average Bonchev–Trinajstić information content (AvgIpc) is 1.94. The monoisotopic (exact) mass is 172 g/mol. The molecule has 4 nitrogen and oxygen atoms in total. The summed E-state index contributed by atoms with van der Waals surface area (Å²) in [5.74, 6) is 0.337. The van der Waals surface area contributed by atoms with Crippen molar-refractivity contribution in [1.82, 2.24) is 10.2 Å². The van der Waals surface area contributed by atoms with Gasteiger partial charge in [0.2, 0.25) is 0 Å². The van der Waals surface area contributed by atoms with Gasteiger partial charge in [0.25, 0.3) is 0 Å². The van der Waals surface area contributed by atoms with E-state index in [1.807, 2.05) is 6.92 Å². The third kappa shape index (κ3) is 1.78. The van der Waals surface area contributed by atoms with Crippen LogP contribution in [-0.4, -0.2) is 10.2 Å². The maximum atomic E-state index is 5.58. The Kier molecular flexibility index (Phi) is 2.26. The quantitative estimate of drug-likeness (QED) is 0.655. The van der Waals surface area contributed by atoms with Gasteiger partial charge in [0.15, 0.2) is 11.0 Å². The Hall–Kier alpha value is -0.870. The highest BCUT2D eigenvalue weighted by Crippen LogP contribution is 2.17. The van der Waals surface area contributed by atoms with Crippen molar-refractivity contribution in [3.05, 3.63) is 16.8 Å². The molecule has 11 heavy (non-hydrogen) atoms. The summed E-state index contributed by atoms with van der Waals surface area (Å²) in [5.41, 5.74) is 11.8. The van der Waals surface area contributed by atoms with Gasteiger partial charge in [-0.05, 0) is 13.0 Å². The van der Waals surface area contributed by atoms with Crippen LogP contribution >= 0.6 is 11.6 Å². The van der Waals surface area contributed by atoms with Crippen LogP contribution in [0.1, 0.15) is 18.5 Å². The van der Waals surface area contributed by atoms with E-state index in [-0.39, 0.29) is 6.04 Å². The van der Waals surface area contributed by atoms with E-state index in [4.69, 9.17) is 23.1 Å². The lowest BCUT2D eigenvalue weighted by atomic mass is 10.1. The van der Waals surface area contributed by atoms with Crippen molar-refractivity contribution >= 4 is 17.4 Å². The van der Waals surface area contributed by atoms with E-state index < -0.39 is 0 Å². The van der Waals surface area contributed by atoms with Gasteiger partial charge in [-0.1, -0.05) is 11.6 Å². The molecular formula is C6H9ClN4. The molecule has 0 saturated heterocycles. The van der Waals surface area contributed by atoms with Crippen LogP contribution in [0.25, 0.3) is 0 Å². The van der Waals surface area contributed by atoms with Crippen LogP contribution in [0.3, 0.4) is 0 Å². The summed E-state index contributed by atoms with van der Waals surface area (Å²) in [6, 6.07) is 1.46. The SMILES string of the molecule is CC(N)c1cc(Cl)nnc1N. The van der Waals surface area contributed by atoms with Gasteiger partial charge in [0.05, 0.1) is 0 Å². The fourth-order valence-corrected chi connectivity index (χ4v) is 0.911. The summed E-state index contributed by atoms with van der Waals surface area (Å²) in [6.45, 7) is 1.81. The van der Waals surface area contributed by atoms with Gasteiger partial charge in [-0.15, -0.1) is 10.2 Å². The van der Waals surface area contributed by atoms with Gasteiger partial charge in [-0.25, -0.2) is 0 Å². The first-order chi connectivity index (χ1) is 5.11. The van der Waals surface area contributed by atoms with E-state index in [2.05, 4.69) is 10.2 Å². The minimum Gasteiger partial charge on any atom is -0.382 e. The first kappa shape index (κ1) is 8.23. The van der Waals surface area contributed by atoms with Gasteiger partial charge in [0, 0.05) is 11.6 Å². The number of anilines is 1. The van der Waals surface area contributed by atoms with E-state index >= 15 is 0 Å². The van der Waals surface area contributed by atoms with Gasteiger partial charge >= 0.3 is 0 Å². The van der Waals surface area contributed by atoms with Crippen LogP contribution in [0.5, 0.6) is 0 Å². The molecule has 0 bridgehead atoms. The molecule has 0 radical (unpaired) electrons. The molecular weight excluding hydrogens is 164 g/mol. The molecule has 1 atom stereocenters. The number of hydrogen-bond donors (Lipinski definition) is 2. The second-order valence-corrected chi connectivity index (χ2v) is 2.68. The smallest absolute Gasteiger partial charge is 0.152 e. The zero-order valence-electron chi connectivity index (χ0n) is 6.08. The van der Waals surface area contributed by atoms with Crippen molar-refractivity contribution in [1.29, 1.82) is 0 Å². The second kappa shape index (κ2) is 3.02. The second-order valence-electron chi connectivity index (χ2n) is 2.30. The summed E-state index contributed by atoms with van der Waals surface area (Å²) in [6.07, 6.45) is 0. The van der Waals surface area contributed by atoms with Crippen LogP contribution in [0.4, 0.5) is 5.82 Å². The van der Waals surface area contributed by atoms with Gasteiger partial charge in [-0.3, -0.25) is 0 Å². The third-order valence-corrected chi connectivity index (χ3v) is 1.50. The molecule has 1 aromatic heterocycles. The molecule has 1 heterocycles. The van der Waals surface area contributed by atoms with Gasteiger partial charge < -0.3 is 11.5 Å². The molecule has 60 valence electrons. The Bertz CT molecular complexity index is 261. The van der Waals surface area contributed by atoms with E-state index in [0.29, 0.717) is 11.0 Å². The molecule has 0 aliphatic rings. The number of hydrogen-bond acceptors (Lipinski definition) is 4. The van der Waals surface area contributed by atoms with Gasteiger partial charge in [-0.2, -0.15) is 0 Å². The zero-order chi connectivity index (χ0) is 8.43. The number of halogens is 1. The lowest BCUT2D eigenvalue weighted by molar-refractivity contribution is 0.806. The fraction of sp³-hybridized carbons (Fsp3) is 0.333. The van der Waals surface area contributed by atoms with Gasteiger partial charge in [0.1, 0.15) is 0 Å². The Balaban J connectivity index is 3.13. The molecule has 4 N–H and O–H groups in total. The van der Waals surface area contributed by atoms with E-state index in [0.717, 1.165) is 5.56 Å². The summed E-state index contributed by atoms with van der Waals surface area (Å²) < 4.78 is 0. The molecule has 1 aromatic rings. The first-order valence-corrected chi connectivity index (χ1v) is 3.53. The number of nitrogens with zero attached hydrogens (tertiary/aromatic N) is 2. The molecule has 0 aliphatic heterocycles. The predicted octanol–water partition coefficient (Wildman–Crippen LogP) is 0.732. The Labute approximate surface area is 69.6 Å². The van der Waals surface area contributed by atoms with Crippen LogP contribution in [0.2, 0.25) is 5.15 Å². The van der Waals surface area contributed by atoms with Crippen LogP contribution in [0, 0.1) is 0 Å². The molecule has 1 rings (SSSR count). The van der Waals surface area contributed by atoms with Crippen LogP contribution in [-0.2, 0) is 0 Å². The molecule has 0 fully saturated rings. The van der Waals surface area contributed by atoms with E-state index in [1.54, 1.807) is 6.07 Å². The van der Waals surface area contributed by atoms with E-state index in [1.165, 1.54) is 0 Å². The molecule has 1 unspecified atom stereocenters. The van der Waals surface area contributed by atoms with Crippen LogP contribution in [0.15, 0.2) is 6.07 Å². The molecule has 0 spiro atoms. The summed E-state index contributed by atoms with van der Waals surface area (Å²) in [7, 11) is 0. The van der Waals surface area contributed by atoms with Crippen molar-refractivity contribution in [2.75, 3.05) is 5.73 Å². The minimum absolute atomic E-state index is 0.164. The Morgan fingerprint density at radius 2 is 2.18 bits per heavy atom. The highest BCUT2D eigenvalue weighted by atomic mass is 35.5. The third-order valence-electron chi connectivity index (χ3n) is 1.31. The molecule has 5 heteroatoms. The largest absolute Gasteiger partial charge is 0.382 e. The number of nitrogens with two attached hydrogens (primary N) is 2. The lowest BCUT2D eigenvalue weighted by Crippen LogP contribution is -2.10. The fourth-order valence-electron chi connectivity index (χ4n) is 0.755. The highest BCUT2D eigenvalue weighted by Gasteiger charge is 2.06. The number of nitrogen functional groups attached to an aromatic ring is 1. The molecule has 0 saturated carbocycles. The van der Waals surface area contributed by atoms with Crippen molar-refractivity contribution in [3.63, 3.8) is 0 Å². The maximum absolute atomic E-state index is 5.58. The van der Waals surface area contributed by atoms with Crippen molar-refractivity contribution in [3.8, 4) is 0 Å². The average molecular weight is 173 g/mol. The van der Waals surface area contributed by atoms with Crippen molar-refractivity contribution in [2.24, 2.45) is 5.73 Å².